The van der Waals surface area contributed by atoms with E-state index in [0.717, 1.165) is 11.4 Å². The fraction of sp³-hybridized carbons (Fsp3) is 0.587. The average Bonchev–Trinajstić information content (AvgIpc) is 3.14. The zero-order valence-corrected chi connectivity index (χ0v) is 35.0. The van der Waals surface area contributed by atoms with Gasteiger partial charge in [-0.15, -0.1) is 0 Å². The van der Waals surface area contributed by atoms with E-state index in [4.69, 9.17) is 15.0 Å². The molecule has 0 spiro atoms. The zero-order chi connectivity index (χ0) is 33.6. The minimum atomic E-state index is 0. The molecule has 6 heteroatoms. The minimum Gasteiger partial charge on any atom is -1.00 e. The van der Waals surface area contributed by atoms with Crippen molar-refractivity contribution in [2.24, 2.45) is 9.98 Å². The third-order valence-electron chi connectivity index (χ3n) is 12.5. The van der Waals surface area contributed by atoms with E-state index in [-0.39, 0.29) is 43.4 Å². The standard InChI is InChI=1S/C46H61N3.2ClH.V/c1-32-24-39(30-47-45-41(35-16-8-4-9-17-35)26-33(2)27-42(45)36-18-10-5-11-19-36)49-40(25-32)31-48-46-43(37-20-12-6-13-21-37)28-34(3)29-44(46)38-22-14-7-15-23-38;;;/h24-31,35-38H,4-23H2,1-3H3;2*1H;/q;;;+2/p-2. The molecule has 1 radical (unpaired) electrons. The molecule has 7 rings (SSSR count). The molecule has 3 nitrogen and oxygen atoms in total. The van der Waals surface area contributed by atoms with Crippen molar-refractivity contribution >= 4 is 23.8 Å². The molecule has 4 saturated carbocycles. The van der Waals surface area contributed by atoms with Crippen LogP contribution in [0.1, 0.15) is 202 Å². The zero-order valence-electron chi connectivity index (χ0n) is 32.1. The number of hydrogen-bond acceptors (Lipinski definition) is 3. The molecule has 0 bridgehead atoms. The summed E-state index contributed by atoms with van der Waals surface area (Å²) < 4.78 is 0. The number of nitrogens with zero attached hydrogens (tertiary/aromatic N) is 3. The SMILES string of the molecule is Cc1cc(C=Nc2c(C3CCCCC3)cc(C)cc2C2CCCCC2)nc(C=Nc2c(C3CCCCC3)cc(C)cc2C2CCCCC2)c1.[Cl-].[Cl-].[V+2]. The molecule has 279 valence electrons. The second-order valence-corrected chi connectivity index (χ2v) is 16.4. The summed E-state index contributed by atoms with van der Waals surface area (Å²) in [6, 6.07) is 14.3. The first-order chi connectivity index (χ1) is 24.0. The molecule has 0 N–H and O–H groups in total. The molecule has 4 aliphatic rings. The van der Waals surface area contributed by atoms with Gasteiger partial charge in [-0.1, -0.05) is 112 Å². The number of halogens is 2. The van der Waals surface area contributed by atoms with Gasteiger partial charge in [-0.05, 0) is 136 Å². The van der Waals surface area contributed by atoms with E-state index in [2.05, 4.69) is 69.6 Å². The Kier molecular flexibility index (Phi) is 17.0. The van der Waals surface area contributed by atoms with Crippen molar-refractivity contribution < 1.29 is 43.4 Å². The number of rotatable bonds is 8. The summed E-state index contributed by atoms with van der Waals surface area (Å²) in [5.41, 5.74) is 14.4. The first kappa shape index (κ1) is 42.8. The second kappa shape index (κ2) is 20.7. The molecule has 52 heavy (non-hydrogen) atoms. The Balaban J connectivity index is 0.00000202. The Hall–Kier alpha value is -1.91. The fourth-order valence-electron chi connectivity index (χ4n) is 9.98. The molecule has 0 unspecified atom stereocenters. The maximum absolute atomic E-state index is 5.40. The van der Waals surface area contributed by atoms with E-state index in [1.165, 1.54) is 179 Å². The van der Waals surface area contributed by atoms with E-state index in [9.17, 15) is 0 Å². The van der Waals surface area contributed by atoms with Gasteiger partial charge in [-0.2, -0.15) is 0 Å². The van der Waals surface area contributed by atoms with Crippen molar-refractivity contribution in [1.82, 2.24) is 4.98 Å². The predicted octanol–water partition coefficient (Wildman–Crippen LogP) is 7.70. The van der Waals surface area contributed by atoms with Gasteiger partial charge >= 0.3 is 18.6 Å². The van der Waals surface area contributed by atoms with Crippen molar-refractivity contribution in [3.63, 3.8) is 0 Å². The van der Waals surface area contributed by atoms with Crippen LogP contribution in [-0.2, 0) is 18.6 Å². The third kappa shape index (κ3) is 10.6. The molecule has 1 heterocycles. The van der Waals surface area contributed by atoms with E-state index < -0.39 is 0 Å². The Morgan fingerprint density at radius 2 is 0.673 bits per heavy atom. The number of pyridine rings is 1. The Morgan fingerprint density at radius 1 is 0.423 bits per heavy atom. The Bertz CT molecular complexity index is 1450. The predicted molar refractivity (Wildman–Crippen MR) is 209 cm³/mol. The van der Waals surface area contributed by atoms with Gasteiger partial charge in [0.25, 0.3) is 0 Å². The van der Waals surface area contributed by atoms with Crippen molar-refractivity contribution in [2.45, 2.75) is 173 Å². The summed E-state index contributed by atoms with van der Waals surface area (Å²) in [5, 5.41) is 0. The second-order valence-electron chi connectivity index (χ2n) is 16.4. The topological polar surface area (TPSA) is 37.6 Å². The van der Waals surface area contributed by atoms with Gasteiger partial charge in [-0.25, -0.2) is 4.98 Å². The van der Waals surface area contributed by atoms with Gasteiger partial charge in [-0.3, -0.25) is 9.98 Å². The Labute approximate surface area is 339 Å². The number of aromatic nitrogens is 1. The molecule has 0 saturated heterocycles. The van der Waals surface area contributed by atoms with Crippen LogP contribution in [0.5, 0.6) is 0 Å². The molecular formula is C46H61Cl2N3V. The molecule has 2 aromatic carbocycles. The molecule has 0 amide bonds. The van der Waals surface area contributed by atoms with E-state index >= 15 is 0 Å². The van der Waals surface area contributed by atoms with E-state index in [1.807, 2.05) is 0 Å². The quantitative estimate of drug-likeness (QED) is 0.216. The largest absolute Gasteiger partial charge is 2.00 e. The van der Waals surface area contributed by atoms with Crippen molar-refractivity contribution in [3.8, 4) is 0 Å². The summed E-state index contributed by atoms with van der Waals surface area (Å²) in [7, 11) is 0. The normalized spacial score (nSPS) is 19.7. The molecular weight excluding hydrogens is 716 g/mol. The first-order valence-corrected chi connectivity index (χ1v) is 20.4. The van der Waals surface area contributed by atoms with Gasteiger partial charge in [0.2, 0.25) is 0 Å². The fourth-order valence-corrected chi connectivity index (χ4v) is 9.98. The molecule has 0 atom stereocenters. The smallest absolute Gasteiger partial charge is 1.00 e. The van der Waals surface area contributed by atoms with Gasteiger partial charge in [0.05, 0.1) is 35.2 Å². The molecule has 0 aliphatic heterocycles. The summed E-state index contributed by atoms with van der Waals surface area (Å²) in [6.45, 7) is 6.79. The van der Waals surface area contributed by atoms with Gasteiger partial charge < -0.3 is 24.8 Å². The summed E-state index contributed by atoms with van der Waals surface area (Å²) in [6.07, 6.45) is 30.7. The van der Waals surface area contributed by atoms with Crippen LogP contribution in [0.4, 0.5) is 11.4 Å². The molecule has 4 fully saturated rings. The van der Waals surface area contributed by atoms with E-state index in [1.54, 1.807) is 0 Å². The van der Waals surface area contributed by atoms with Crippen LogP contribution in [0.25, 0.3) is 0 Å². The van der Waals surface area contributed by atoms with Crippen LogP contribution in [0.3, 0.4) is 0 Å². The van der Waals surface area contributed by atoms with Crippen LogP contribution in [-0.4, -0.2) is 17.4 Å². The summed E-state index contributed by atoms with van der Waals surface area (Å²) in [5.74, 6) is 2.51. The Morgan fingerprint density at radius 3 is 0.942 bits per heavy atom. The summed E-state index contributed by atoms with van der Waals surface area (Å²) in [4.78, 5) is 16.0. The number of aliphatic imine (C=N–C) groups is 2. The van der Waals surface area contributed by atoms with Crippen LogP contribution >= 0.6 is 0 Å². The van der Waals surface area contributed by atoms with Crippen LogP contribution in [0, 0.1) is 20.8 Å². The van der Waals surface area contributed by atoms with Crippen LogP contribution in [0.2, 0.25) is 0 Å². The number of hydrogen-bond donors (Lipinski definition) is 0. The van der Waals surface area contributed by atoms with Gasteiger partial charge in [0.1, 0.15) is 0 Å². The monoisotopic (exact) mass is 776 g/mol. The first-order valence-electron chi connectivity index (χ1n) is 20.4. The molecule has 3 aromatic rings. The van der Waals surface area contributed by atoms with Crippen molar-refractivity contribution in [2.75, 3.05) is 0 Å². The third-order valence-corrected chi connectivity index (χ3v) is 12.5. The number of benzene rings is 2. The molecule has 4 aliphatic carbocycles. The summed E-state index contributed by atoms with van der Waals surface area (Å²) >= 11 is 0. The van der Waals surface area contributed by atoms with Gasteiger partial charge in [0.15, 0.2) is 0 Å². The maximum Gasteiger partial charge on any atom is 2.00 e. The van der Waals surface area contributed by atoms with Crippen LogP contribution < -0.4 is 24.8 Å². The van der Waals surface area contributed by atoms with Crippen LogP contribution in [0.15, 0.2) is 46.4 Å². The van der Waals surface area contributed by atoms with E-state index in [0.29, 0.717) is 23.7 Å². The van der Waals surface area contributed by atoms with Crippen molar-refractivity contribution in [1.29, 1.82) is 0 Å². The molecule has 1 aromatic heterocycles. The minimum absolute atomic E-state index is 0. The van der Waals surface area contributed by atoms with Gasteiger partial charge in [0, 0.05) is 0 Å². The average molecular weight is 778 g/mol. The van der Waals surface area contributed by atoms with Crippen molar-refractivity contribution in [3.05, 3.63) is 86.7 Å². The number of aryl methyl sites for hydroxylation is 3. The maximum atomic E-state index is 5.40.